The molecular formula is C18H27BCl2N2O4. The van der Waals surface area contributed by atoms with Crippen LogP contribution in [0.2, 0.25) is 16.4 Å². The van der Waals surface area contributed by atoms with Gasteiger partial charge in [0.05, 0.1) is 0 Å². The number of piperidine rings is 1. The summed E-state index contributed by atoms with van der Waals surface area (Å²) in [4.78, 5) is 14.1. The number of carbonyl (C=O) groups is 1. The molecular weight excluding hydrogens is 390 g/mol. The minimum atomic E-state index is -1.36. The average Bonchev–Trinajstić information content (AvgIpc) is 2.61. The summed E-state index contributed by atoms with van der Waals surface area (Å²) in [5.74, 6) is -1.09. The number of carboxylic acid groups (broad SMARTS) is 1. The van der Waals surface area contributed by atoms with Crippen molar-refractivity contribution in [1.29, 1.82) is 0 Å². The summed E-state index contributed by atoms with van der Waals surface area (Å²) in [6.45, 7) is 2.21. The van der Waals surface area contributed by atoms with Crippen molar-refractivity contribution >= 4 is 36.3 Å². The van der Waals surface area contributed by atoms with E-state index in [0.29, 0.717) is 48.7 Å². The van der Waals surface area contributed by atoms with Crippen LogP contribution in [0.15, 0.2) is 18.2 Å². The summed E-state index contributed by atoms with van der Waals surface area (Å²) < 4.78 is 0. The summed E-state index contributed by atoms with van der Waals surface area (Å²) in [5.41, 5.74) is 6.02. The molecule has 9 heteroatoms. The van der Waals surface area contributed by atoms with Gasteiger partial charge in [-0.2, -0.15) is 0 Å². The minimum Gasteiger partial charge on any atom is -0.480 e. The van der Waals surface area contributed by atoms with Crippen molar-refractivity contribution in [3.63, 3.8) is 0 Å². The van der Waals surface area contributed by atoms with E-state index >= 15 is 0 Å². The highest BCUT2D eigenvalue weighted by molar-refractivity contribution is 6.40. The number of hydrogen-bond donors (Lipinski definition) is 4. The number of halogens is 2. The number of nitrogens with zero attached hydrogens (tertiary/aromatic N) is 1. The normalized spacial score (nSPS) is 18.3. The third kappa shape index (κ3) is 6.34. The topological polar surface area (TPSA) is 107 Å². The van der Waals surface area contributed by atoms with E-state index in [1.807, 2.05) is 12.1 Å². The molecule has 0 amide bonds. The fraction of sp³-hybridized carbons (Fsp3) is 0.611. The molecule has 1 atom stereocenters. The standard InChI is InChI=1S/C18H27BCl2N2O4/c20-15-4-3-13(16(21)11-15)12-23-9-5-14(6-10-23)18(22,17(24)25)7-1-2-8-19(26)27/h3-4,11,14,26-27H,1-2,5-10,12,22H2,(H,24,25)/t18-/m0/s1. The van der Waals surface area contributed by atoms with Crippen LogP contribution < -0.4 is 5.73 Å². The zero-order valence-corrected chi connectivity index (χ0v) is 16.8. The van der Waals surface area contributed by atoms with Crippen molar-refractivity contribution in [2.75, 3.05) is 13.1 Å². The van der Waals surface area contributed by atoms with Gasteiger partial charge in [0.15, 0.2) is 0 Å². The van der Waals surface area contributed by atoms with Crippen LogP contribution in [0.25, 0.3) is 0 Å². The number of nitrogens with two attached hydrogens (primary N) is 1. The van der Waals surface area contributed by atoms with Gasteiger partial charge in [0.25, 0.3) is 0 Å². The van der Waals surface area contributed by atoms with Crippen LogP contribution in [-0.2, 0) is 11.3 Å². The van der Waals surface area contributed by atoms with E-state index in [0.717, 1.165) is 18.7 Å². The maximum absolute atomic E-state index is 11.8. The Labute approximate surface area is 170 Å². The summed E-state index contributed by atoms with van der Waals surface area (Å²) in [6.07, 6.45) is 3.07. The molecule has 0 aliphatic carbocycles. The summed E-state index contributed by atoms with van der Waals surface area (Å²) >= 11 is 12.2. The second-order valence-corrected chi connectivity index (χ2v) is 8.20. The number of likely N-dealkylation sites (tertiary alicyclic amines) is 1. The maximum atomic E-state index is 11.8. The van der Waals surface area contributed by atoms with Gasteiger partial charge in [0.2, 0.25) is 0 Å². The SMILES string of the molecule is N[C@](CCCCB(O)O)(C(=O)O)C1CCN(Cc2ccc(Cl)cc2Cl)CC1. The van der Waals surface area contributed by atoms with Crippen molar-refractivity contribution in [2.24, 2.45) is 11.7 Å². The van der Waals surface area contributed by atoms with E-state index in [1.54, 1.807) is 6.07 Å². The Morgan fingerprint density at radius 1 is 1.26 bits per heavy atom. The Bertz CT molecular complexity index is 642. The first-order valence-corrected chi connectivity index (χ1v) is 10.0. The van der Waals surface area contributed by atoms with Crippen molar-refractivity contribution in [3.05, 3.63) is 33.8 Å². The molecule has 0 bridgehead atoms. The Hall–Kier alpha value is -0.825. The highest BCUT2D eigenvalue weighted by Gasteiger charge is 2.42. The molecule has 1 fully saturated rings. The van der Waals surface area contributed by atoms with Crippen molar-refractivity contribution < 1.29 is 19.9 Å². The van der Waals surface area contributed by atoms with Gasteiger partial charge in [-0.1, -0.05) is 42.1 Å². The molecule has 1 aromatic rings. The molecule has 6 nitrogen and oxygen atoms in total. The van der Waals surface area contributed by atoms with Crippen LogP contribution in [-0.4, -0.2) is 51.8 Å². The first kappa shape index (κ1) is 22.5. The molecule has 5 N–H and O–H groups in total. The van der Waals surface area contributed by atoms with E-state index in [4.69, 9.17) is 39.0 Å². The van der Waals surface area contributed by atoms with Crippen LogP contribution in [0.4, 0.5) is 0 Å². The Morgan fingerprint density at radius 3 is 2.48 bits per heavy atom. The van der Waals surface area contributed by atoms with Gasteiger partial charge in [0.1, 0.15) is 5.54 Å². The van der Waals surface area contributed by atoms with E-state index < -0.39 is 18.6 Å². The molecule has 1 heterocycles. The Balaban J connectivity index is 1.90. The minimum absolute atomic E-state index is 0.106. The fourth-order valence-electron chi connectivity index (χ4n) is 3.73. The predicted molar refractivity (Wildman–Crippen MR) is 108 cm³/mol. The lowest BCUT2D eigenvalue weighted by Crippen LogP contribution is -2.56. The maximum Gasteiger partial charge on any atom is 0.451 e. The second kappa shape index (κ2) is 10.1. The molecule has 1 aliphatic rings. The lowest BCUT2D eigenvalue weighted by molar-refractivity contribution is -0.147. The first-order valence-electron chi connectivity index (χ1n) is 9.27. The number of aliphatic carboxylic acids is 1. The number of carboxylic acids is 1. The third-order valence-electron chi connectivity index (χ3n) is 5.43. The molecule has 1 aromatic carbocycles. The van der Waals surface area contributed by atoms with Crippen molar-refractivity contribution in [1.82, 2.24) is 4.90 Å². The van der Waals surface area contributed by atoms with Gasteiger partial charge in [-0.3, -0.25) is 9.69 Å². The van der Waals surface area contributed by atoms with Crippen LogP contribution in [0.1, 0.15) is 37.7 Å². The van der Waals surface area contributed by atoms with Crippen molar-refractivity contribution in [2.45, 2.75) is 50.5 Å². The summed E-state index contributed by atoms with van der Waals surface area (Å²) in [5, 5.41) is 28.7. The third-order valence-corrected chi connectivity index (χ3v) is 6.01. The van der Waals surface area contributed by atoms with Gasteiger partial charge in [-0.25, -0.2) is 0 Å². The number of rotatable bonds is 9. The molecule has 150 valence electrons. The predicted octanol–water partition coefficient (Wildman–Crippen LogP) is 2.63. The monoisotopic (exact) mass is 416 g/mol. The number of unbranched alkanes of at least 4 members (excludes halogenated alkanes) is 1. The highest BCUT2D eigenvalue weighted by atomic mass is 35.5. The van der Waals surface area contributed by atoms with Gasteiger partial charge in [-0.15, -0.1) is 0 Å². The Kier molecular flexibility index (Phi) is 8.40. The molecule has 27 heavy (non-hydrogen) atoms. The molecule has 1 aliphatic heterocycles. The van der Waals surface area contributed by atoms with Crippen molar-refractivity contribution in [3.8, 4) is 0 Å². The molecule has 2 rings (SSSR count). The molecule has 0 unspecified atom stereocenters. The smallest absolute Gasteiger partial charge is 0.451 e. The van der Waals surface area contributed by atoms with Gasteiger partial charge >= 0.3 is 13.1 Å². The molecule has 0 radical (unpaired) electrons. The number of benzene rings is 1. The quantitative estimate of drug-likeness (QED) is 0.364. The Morgan fingerprint density at radius 2 is 1.93 bits per heavy atom. The van der Waals surface area contributed by atoms with Gasteiger partial charge in [0, 0.05) is 16.6 Å². The summed E-state index contributed by atoms with van der Waals surface area (Å²) in [7, 11) is -1.36. The molecule has 1 saturated heterocycles. The molecule has 0 saturated carbocycles. The van der Waals surface area contributed by atoms with Gasteiger partial charge < -0.3 is 20.9 Å². The number of hydrogen-bond acceptors (Lipinski definition) is 5. The average molecular weight is 417 g/mol. The molecule has 0 aromatic heterocycles. The van der Waals surface area contributed by atoms with E-state index in [2.05, 4.69) is 4.90 Å². The van der Waals surface area contributed by atoms with Gasteiger partial charge in [-0.05, 0) is 62.3 Å². The first-order chi connectivity index (χ1) is 12.7. The lowest BCUT2D eigenvalue weighted by atomic mass is 9.74. The largest absolute Gasteiger partial charge is 0.480 e. The van der Waals surface area contributed by atoms with E-state index in [-0.39, 0.29) is 12.2 Å². The highest BCUT2D eigenvalue weighted by Crippen LogP contribution is 2.32. The fourth-order valence-corrected chi connectivity index (χ4v) is 4.20. The van der Waals surface area contributed by atoms with Crippen LogP contribution in [0, 0.1) is 5.92 Å². The zero-order valence-electron chi connectivity index (χ0n) is 15.3. The van der Waals surface area contributed by atoms with Crippen LogP contribution in [0.3, 0.4) is 0 Å². The lowest BCUT2D eigenvalue weighted by Gasteiger charge is -2.40. The van der Waals surface area contributed by atoms with Crippen LogP contribution in [0.5, 0.6) is 0 Å². The second-order valence-electron chi connectivity index (χ2n) is 7.36. The van der Waals surface area contributed by atoms with E-state index in [9.17, 15) is 9.90 Å². The molecule has 0 spiro atoms. The van der Waals surface area contributed by atoms with Crippen LogP contribution >= 0.6 is 23.2 Å². The van der Waals surface area contributed by atoms with E-state index in [1.165, 1.54) is 0 Å². The zero-order chi connectivity index (χ0) is 20.0. The summed E-state index contributed by atoms with van der Waals surface area (Å²) in [6, 6.07) is 5.45.